The summed E-state index contributed by atoms with van der Waals surface area (Å²) >= 11 is 1.44. The van der Waals surface area contributed by atoms with Gasteiger partial charge in [-0.3, -0.25) is 4.21 Å². The summed E-state index contributed by atoms with van der Waals surface area (Å²) in [5.74, 6) is 0.946. The predicted octanol–water partition coefficient (Wildman–Crippen LogP) is 1.42. The summed E-state index contributed by atoms with van der Waals surface area (Å²) in [5, 5.41) is 0. The number of hydrogen-bond acceptors (Lipinski definition) is 6. The van der Waals surface area contributed by atoms with Crippen LogP contribution in [0.2, 0.25) is 0 Å². The molecule has 0 bridgehead atoms. The Kier molecular flexibility index (Phi) is 2.79. The monoisotopic (exact) mass is 268 g/mol. The van der Waals surface area contributed by atoms with Gasteiger partial charge in [0.25, 0.3) is 0 Å². The van der Waals surface area contributed by atoms with E-state index in [1.165, 1.54) is 30.5 Å². The van der Waals surface area contributed by atoms with E-state index >= 15 is 0 Å². The van der Waals surface area contributed by atoms with Crippen molar-refractivity contribution in [2.24, 2.45) is 0 Å². The lowest BCUT2D eigenvalue weighted by atomic mass is 10.4. The lowest BCUT2D eigenvalue weighted by Gasteiger charge is -2.15. The maximum absolute atomic E-state index is 11.4. The first-order valence-corrected chi connectivity index (χ1v) is 7.83. The summed E-state index contributed by atoms with van der Waals surface area (Å²) in [7, 11) is -1.05. The zero-order valence-electron chi connectivity index (χ0n) is 9.42. The largest absolute Gasteiger partial charge is 0.355 e. The van der Waals surface area contributed by atoms with Crippen LogP contribution < -0.4 is 4.90 Å². The van der Waals surface area contributed by atoms with Crippen LogP contribution in [0.3, 0.4) is 0 Å². The molecule has 3 heterocycles. The summed E-state index contributed by atoms with van der Waals surface area (Å²) in [5.41, 5.74) is 0.664. The van der Waals surface area contributed by atoms with Crippen LogP contribution in [0.1, 0.15) is 12.8 Å². The molecule has 1 aliphatic rings. The van der Waals surface area contributed by atoms with Crippen LogP contribution in [0, 0.1) is 0 Å². The third-order valence-electron chi connectivity index (χ3n) is 2.80. The number of nitrogens with zero attached hydrogens (tertiary/aromatic N) is 4. The standard InChI is InChI=1S/C10H12N4OS2/c1-17(15)10-13-8-7(16-10)9(12-6-11-8)14-4-2-3-5-14/h6H,2-5H2,1H3. The topological polar surface area (TPSA) is 59.0 Å². The lowest BCUT2D eigenvalue weighted by Crippen LogP contribution is -2.19. The van der Waals surface area contributed by atoms with Crippen molar-refractivity contribution in [2.75, 3.05) is 24.2 Å². The molecule has 1 saturated heterocycles. The van der Waals surface area contributed by atoms with Crippen LogP contribution in [0.25, 0.3) is 10.3 Å². The molecular weight excluding hydrogens is 256 g/mol. The average Bonchev–Trinajstić information content (AvgIpc) is 2.97. The van der Waals surface area contributed by atoms with Gasteiger partial charge >= 0.3 is 0 Å². The highest BCUT2D eigenvalue weighted by molar-refractivity contribution is 7.86. The summed E-state index contributed by atoms with van der Waals surface area (Å²) in [4.78, 5) is 15.0. The van der Waals surface area contributed by atoms with E-state index in [0.29, 0.717) is 9.99 Å². The molecule has 0 aromatic carbocycles. The van der Waals surface area contributed by atoms with E-state index in [9.17, 15) is 4.21 Å². The van der Waals surface area contributed by atoms with E-state index in [1.807, 2.05) is 0 Å². The molecule has 1 fully saturated rings. The summed E-state index contributed by atoms with van der Waals surface area (Å²) < 4.78 is 13.0. The van der Waals surface area contributed by atoms with Crippen molar-refractivity contribution in [2.45, 2.75) is 17.2 Å². The molecule has 1 atom stereocenters. The van der Waals surface area contributed by atoms with E-state index < -0.39 is 10.8 Å². The van der Waals surface area contributed by atoms with Gasteiger partial charge < -0.3 is 4.90 Å². The van der Waals surface area contributed by atoms with Crippen molar-refractivity contribution in [3.63, 3.8) is 0 Å². The minimum Gasteiger partial charge on any atom is -0.355 e. The van der Waals surface area contributed by atoms with Gasteiger partial charge in [0.05, 0.1) is 10.8 Å². The molecule has 0 radical (unpaired) electrons. The van der Waals surface area contributed by atoms with Crippen LogP contribution in [0.4, 0.5) is 5.82 Å². The van der Waals surface area contributed by atoms with Gasteiger partial charge in [-0.1, -0.05) is 11.3 Å². The molecule has 90 valence electrons. The van der Waals surface area contributed by atoms with E-state index in [-0.39, 0.29) is 0 Å². The summed E-state index contributed by atoms with van der Waals surface area (Å²) in [6.45, 7) is 2.07. The highest BCUT2D eigenvalue weighted by Crippen LogP contribution is 2.31. The van der Waals surface area contributed by atoms with E-state index in [4.69, 9.17) is 0 Å². The summed E-state index contributed by atoms with van der Waals surface area (Å²) in [6, 6.07) is 0. The van der Waals surface area contributed by atoms with Crippen molar-refractivity contribution >= 4 is 38.3 Å². The SMILES string of the molecule is CS(=O)c1nc2ncnc(N3CCCC3)c2s1. The minimum absolute atomic E-state index is 0.626. The number of anilines is 1. The second kappa shape index (κ2) is 4.30. The number of fused-ring (bicyclic) bond motifs is 1. The van der Waals surface area contributed by atoms with Gasteiger partial charge in [0.15, 0.2) is 15.8 Å². The predicted molar refractivity (Wildman–Crippen MR) is 69.0 cm³/mol. The van der Waals surface area contributed by atoms with Crippen molar-refractivity contribution in [1.82, 2.24) is 15.0 Å². The second-order valence-corrected chi connectivity index (χ2v) is 6.53. The molecule has 7 heteroatoms. The summed E-state index contributed by atoms with van der Waals surface area (Å²) in [6.07, 6.45) is 5.59. The molecule has 0 spiro atoms. The fraction of sp³-hybridized carbons (Fsp3) is 0.500. The molecule has 2 aromatic heterocycles. The van der Waals surface area contributed by atoms with E-state index in [2.05, 4.69) is 19.9 Å². The van der Waals surface area contributed by atoms with Gasteiger partial charge in [-0.05, 0) is 12.8 Å². The Morgan fingerprint density at radius 1 is 1.35 bits per heavy atom. The van der Waals surface area contributed by atoms with Crippen molar-refractivity contribution < 1.29 is 4.21 Å². The fourth-order valence-corrected chi connectivity index (χ4v) is 3.70. The zero-order valence-corrected chi connectivity index (χ0v) is 11.1. The Balaban J connectivity index is 2.14. The van der Waals surface area contributed by atoms with Gasteiger partial charge in [-0.25, -0.2) is 15.0 Å². The quantitative estimate of drug-likeness (QED) is 0.824. The molecule has 0 aliphatic carbocycles. The molecule has 1 unspecified atom stereocenters. The molecule has 0 amide bonds. The van der Waals surface area contributed by atoms with Gasteiger partial charge in [0, 0.05) is 19.3 Å². The highest BCUT2D eigenvalue weighted by Gasteiger charge is 2.19. The van der Waals surface area contributed by atoms with Gasteiger partial charge in [-0.15, -0.1) is 0 Å². The Hall–Kier alpha value is -1.08. The molecule has 0 saturated carbocycles. The van der Waals surface area contributed by atoms with Gasteiger partial charge in [0.1, 0.15) is 11.0 Å². The number of hydrogen-bond donors (Lipinski definition) is 0. The van der Waals surface area contributed by atoms with Crippen LogP contribution in [0.5, 0.6) is 0 Å². The Labute approximate surface area is 105 Å². The number of aromatic nitrogens is 3. The van der Waals surface area contributed by atoms with Crippen LogP contribution in [-0.4, -0.2) is 38.5 Å². The minimum atomic E-state index is -1.05. The third kappa shape index (κ3) is 1.93. The zero-order chi connectivity index (χ0) is 11.8. The van der Waals surface area contributed by atoms with Crippen molar-refractivity contribution in [1.29, 1.82) is 0 Å². The lowest BCUT2D eigenvalue weighted by molar-refractivity contribution is 0.686. The Bertz CT molecular complexity index is 577. The molecule has 1 aliphatic heterocycles. The first-order chi connectivity index (χ1) is 8.25. The number of thiazole rings is 1. The Morgan fingerprint density at radius 2 is 2.12 bits per heavy atom. The van der Waals surface area contributed by atoms with E-state index in [1.54, 1.807) is 6.26 Å². The van der Waals surface area contributed by atoms with E-state index in [0.717, 1.165) is 23.6 Å². The van der Waals surface area contributed by atoms with Crippen LogP contribution in [0.15, 0.2) is 10.7 Å². The van der Waals surface area contributed by atoms with Crippen molar-refractivity contribution in [3.05, 3.63) is 6.33 Å². The fourth-order valence-electron chi connectivity index (χ4n) is 2.00. The maximum atomic E-state index is 11.4. The smallest absolute Gasteiger partial charge is 0.183 e. The van der Waals surface area contributed by atoms with Crippen LogP contribution in [-0.2, 0) is 10.8 Å². The van der Waals surface area contributed by atoms with Gasteiger partial charge in [-0.2, -0.15) is 0 Å². The number of rotatable bonds is 2. The highest BCUT2D eigenvalue weighted by atomic mass is 32.2. The molecule has 3 rings (SSSR count). The first kappa shape index (κ1) is 11.0. The normalized spacial score (nSPS) is 17.8. The van der Waals surface area contributed by atoms with Gasteiger partial charge in [0.2, 0.25) is 0 Å². The third-order valence-corrected chi connectivity index (χ3v) is 5.18. The molecule has 17 heavy (non-hydrogen) atoms. The maximum Gasteiger partial charge on any atom is 0.183 e. The average molecular weight is 268 g/mol. The molecule has 2 aromatic rings. The molecular formula is C10H12N4OS2. The first-order valence-electron chi connectivity index (χ1n) is 5.45. The van der Waals surface area contributed by atoms with Crippen LogP contribution >= 0.6 is 11.3 Å². The van der Waals surface area contributed by atoms with Crippen molar-refractivity contribution in [3.8, 4) is 0 Å². The molecule has 5 nitrogen and oxygen atoms in total. The Morgan fingerprint density at radius 3 is 2.82 bits per heavy atom. The molecule has 0 N–H and O–H groups in total. The second-order valence-electron chi connectivity index (χ2n) is 3.98.